The number of hydrogen-bond donors (Lipinski definition) is 2. The van der Waals surface area contributed by atoms with E-state index in [0.29, 0.717) is 35.1 Å². The predicted molar refractivity (Wildman–Crippen MR) is 108 cm³/mol. The maximum Gasteiger partial charge on any atom is 0.251 e. The maximum atomic E-state index is 11.9. The number of nitrogens with zero attached hydrogens (tertiary/aromatic N) is 8. The first kappa shape index (κ1) is 17.7. The van der Waals surface area contributed by atoms with Gasteiger partial charge in [-0.2, -0.15) is 14.7 Å². The van der Waals surface area contributed by atoms with Crippen LogP contribution in [0, 0.1) is 0 Å². The second-order valence-corrected chi connectivity index (χ2v) is 6.56. The van der Waals surface area contributed by atoms with E-state index in [1.54, 1.807) is 52.2 Å². The van der Waals surface area contributed by atoms with Crippen molar-refractivity contribution in [1.29, 1.82) is 0 Å². The molecule has 5 aromatic rings. The lowest BCUT2D eigenvalue weighted by Gasteiger charge is -2.07. The van der Waals surface area contributed by atoms with Gasteiger partial charge in [0, 0.05) is 43.1 Å². The normalized spacial score (nSPS) is 11.1. The summed E-state index contributed by atoms with van der Waals surface area (Å²) >= 11 is 0. The van der Waals surface area contributed by atoms with E-state index >= 15 is 0 Å². The summed E-state index contributed by atoms with van der Waals surface area (Å²) in [6.07, 6.45) is 6.97. The van der Waals surface area contributed by atoms with Crippen molar-refractivity contribution in [3.05, 3.63) is 76.9 Å². The van der Waals surface area contributed by atoms with Gasteiger partial charge in [-0.3, -0.25) is 9.48 Å². The molecule has 5 heterocycles. The molecule has 5 aromatic heterocycles. The molecule has 0 unspecified atom stereocenters. The summed E-state index contributed by atoms with van der Waals surface area (Å²) in [7, 11) is 1.83. The van der Waals surface area contributed by atoms with Gasteiger partial charge < -0.3 is 10.3 Å². The lowest BCUT2D eigenvalue weighted by Crippen LogP contribution is -2.13. The molecule has 11 nitrogen and oxygen atoms in total. The summed E-state index contributed by atoms with van der Waals surface area (Å²) < 4.78 is 3.31. The van der Waals surface area contributed by atoms with Crippen LogP contribution < -0.4 is 10.9 Å². The van der Waals surface area contributed by atoms with Crippen molar-refractivity contribution in [3.8, 4) is 11.3 Å². The van der Waals surface area contributed by atoms with Crippen LogP contribution in [0.5, 0.6) is 0 Å². The van der Waals surface area contributed by atoms with Crippen molar-refractivity contribution >= 4 is 17.4 Å². The molecule has 0 radical (unpaired) electrons. The van der Waals surface area contributed by atoms with E-state index in [1.807, 2.05) is 19.2 Å². The number of H-pyrrole nitrogens is 1. The molecule has 0 amide bonds. The van der Waals surface area contributed by atoms with Crippen LogP contribution in [-0.2, 0) is 13.5 Å². The average molecular weight is 400 g/mol. The first-order valence-corrected chi connectivity index (χ1v) is 9.13. The third kappa shape index (κ3) is 3.28. The number of rotatable bonds is 5. The summed E-state index contributed by atoms with van der Waals surface area (Å²) in [4.78, 5) is 23.4. The highest BCUT2D eigenvalue weighted by Gasteiger charge is 2.12. The molecule has 0 aromatic carbocycles. The van der Waals surface area contributed by atoms with E-state index in [1.165, 1.54) is 0 Å². The van der Waals surface area contributed by atoms with E-state index in [2.05, 4.69) is 40.7 Å². The Balaban J connectivity index is 1.45. The van der Waals surface area contributed by atoms with E-state index in [9.17, 15) is 4.79 Å². The van der Waals surface area contributed by atoms with Crippen LogP contribution in [0.1, 0.15) is 11.4 Å². The molecule has 0 saturated heterocycles. The first-order valence-electron chi connectivity index (χ1n) is 9.13. The van der Waals surface area contributed by atoms with Crippen LogP contribution in [0.25, 0.3) is 16.9 Å². The maximum absolute atomic E-state index is 11.9. The molecule has 5 rings (SSSR count). The summed E-state index contributed by atoms with van der Waals surface area (Å²) in [5.74, 6) is 1.80. The molecule has 2 N–H and O–H groups in total. The average Bonchev–Trinajstić information content (AvgIpc) is 3.35. The largest absolute Gasteiger partial charge is 0.329 e. The molecule has 0 atom stereocenters. The number of pyridine rings is 1. The fourth-order valence-corrected chi connectivity index (χ4v) is 3.05. The van der Waals surface area contributed by atoms with Gasteiger partial charge in [-0.25, -0.2) is 9.97 Å². The van der Waals surface area contributed by atoms with Crippen molar-refractivity contribution in [2.75, 3.05) is 5.32 Å². The molecule has 0 aliphatic rings. The summed E-state index contributed by atoms with van der Waals surface area (Å²) in [6.45, 7) is 0. The smallest absolute Gasteiger partial charge is 0.251 e. The Morgan fingerprint density at radius 1 is 1.13 bits per heavy atom. The van der Waals surface area contributed by atoms with Crippen molar-refractivity contribution < 1.29 is 0 Å². The highest BCUT2D eigenvalue weighted by atomic mass is 16.1. The van der Waals surface area contributed by atoms with Gasteiger partial charge >= 0.3 is 0 Å². The number of fused-ring (bicyclic) bond motifs is 1. The van der Waals surface area contributed by atoms with E-state index in [4.69, 9.17) is 0 Å². The van der Waals surface area contributed by atoms with Gasteiger partial charge in [0.2, 0.25) is 5.95 Å². The molecule has 0 fully saturated rings. The van der Waals surface area contributed by atoms with Crippen molar-refractivity contribution in [2.24, 2.45) is 7.05 Å². The summed E-state index contributed by atoms with van der Waals surface area (Å²) in [5.41, 5.74) is 2.47. The van der Waals surface area contributed by atoms with Crippen molar-refractivity contribution in [1.82, 2.24) is 44.5 Å². The number of aryl methyl sites for hydroxylation is 1. The molecule has 0 bridgehead atoms. The van der Waals surface area contributed by atoms with E-state index in [-0.39, 0.29) is 5.56 Å². The Bertz CT molecular complexity index is 1400. The zero-order valence-electron chi connectivity index (χ0n) is 15.9. The molecular formula is C19H16N10O. The van der Waals surface area contributed by atoms with E-state index in [0.717, 1.165) is 11.4 Å². The molecule has 30 heavy (non-hydrogen) atoms. The van der Waals surface area contributed by atoms with E-state index < -0.39 is 0 Å². The Morgan fingerprint density at radius 3 is 2.90 bits per heavy atom. The van der Waals surface area contributed by atoms with Gasteiger partial charge in [0.1, 0.15) is 5.82 Å². The van der Waals surface area contributed by atoms with Crippen molar-refractivity contribution in [2.45, 2.75) is 6.42 Å². The monoisotopic (exact) mass is 400 g/mol. The third-order valence-electron chi connectivity index (χ3n) is 4.59. The number of hydrogen-bond acceptors (Lipinski definition) is 8. The molecule has 0 aliphatic heterocycles. The molecule has 148 valence electrons. The second kappa shape index (κ2) is 7.20. The second-order valence-electron chi connectivity index (χ2n) is 6.56. The SMILES string of the molecule is Cn1nccc1Nc1nccc(-c2cnn3c(Cc4ccc[nH]c4=O)nnc3c2)n1. The third-order valence-corrected chi connectivity index (χ3v) is 4.59. The lowest BCUT2D eigenvalue weighted by molar-refractivity contribution is 0.775. The topological polar surface area (TPSA) is 132 Å². The predicted octanol–water partition coefficient (Wildman–Crippen LogP) is 1.34. The number of aromatic amines is 1. The van der Waals surface area contributed by atoms with Crippen LogP contribution in [0.3, 0.4) is 0 Å². The molecule has 0 aliphatic carbocycles. The Hall–Kier alpha value is -4.41. The van der Waals surface area contributed by atoms with Crippen LogP contribution in [0.2, 0.25) is 0 Å². The number of nitrogens with one attached hydrogen (secondary N) is 2. The van der Waals surface area contributed by atoms with Gasteiger partial charge in [-0.15, -0.1) is 10.2 Å². The van der Waals surface area contributed by atoms with Gasteiger partial charge in [-0.05, 0) is 18.2 Å². The van der Waals surface area contributed by atoms with Gasteiger partial charge in [0.15, 0.2) is 11.5 Å². The lowest BCUT2D eigenvalue weighted by atomic mass is 10.2. The molecule has 0 spiro atoms. The highest BCUT2D eigenvalue weighted by molar-refractivity contribution is 5.64. The van der Waals surface area contributed by atoms with Gasteiger partial charge in [0.25, 0.3) is 5.56 Å². The fourth-order valence-electron chi connectivity index (χ4n) is 3.05. The van der Waals surface area contributed by atoms with Gasteiger partial charge in [0.05, 0.1) is 18.1 Å². The Labute approximate surface area is 169 Å². The summed E-state index contributed by atoms with van der Waals surface area (Å²) in [6, 6.07) is 9.00. The zero-order valence-corrected chi connectivity index (χ0v) is 15.9. The minimum Gasteiger partial charge on any atom is -0.329 e. The van der Waals surface area contributed by atoms with Crippen molar-refractivity contribution in [3.63, 3.8) is 0 Å². The zero-order chi connectivity index (χ0) is 20.5. The molecule has 11 heteroatoms. The first-order chi connectivity index (χ1) is 14.7. The van der Waals surface area contributed by atoms with Gasteiger partial charge in [-0.1, -0.05) is 6.07 Å². The Kier molecular flexibility index (Phi) is 4.24. The molecule has 0 saturated carbocycles. The Morgan fingerprint density at radius 2 is 2.07 bits per heavy atom. The number of anilines is 2. The minimum atomic E-state index is -0.152. The molecular weight excluding hydrogens is 384 g/mol. The minimum absolute atomic E-state index is 0.152. The fraction of sp³-hybridized carbons (Fsp3) is 0.105. The number of aromatic nitrogens is 9. The van der Waals surface area contributed by atoms with Crippen LogP contribution in [-0.4, -0.2) is 44.5 Å². The van der Waals surface area contributed by atoms with Crippen LogP contribution >= 0.6 is 0 Å². The van der Waals surface area contributed by atoms with Crippen LogP contribution in [0.15, 0.2) is 59.9 Å². The highest BCUT2D eigenvalue weighted by Crippen LogP contribution is 2.20. The van der Waals surface area contributed by atoms with Crippen LogP contribution in [0.4, 0.5) is 11.8 Å². The quantitative estimate of drug-likeness (QED) is 0.452. The standard InChI is InChI=1S/C19H16N10O/c1-28-15(5-8-22-28)25-19-21-7-4-14(24-19)13-10-17-27-26-16(29(17)23-11-13)9-12-3-2-6-20-18(12)30/h2-8,10-11H,9H2,1H3,(H,20,30)(H,21,24,25). The summed E-state index contributed by atoms with van der Waals surface area (Å²) in [5, 5.41) is 20.1.